The van der Waals surface area contributed by atoms with Gasteiger partial charge < -0.3 is 19.9 Å². The Balaban J connectivity index is 1.86. The van der Waals surface area contributed by atoms with Gasteiger partial charge in [0.05, 0.1) is 19.8 Å². The van der Waals surface area contributed by atoms with Crippen molar-refractivity contribution in [2.24, 2.45) is 5.92 Å². The molecule has 7 nitrogen and oxygen atoms in total. The number of aliphatic hydroxyl groups is 1. The average molecular weight is 522 g/mol. The number of hydrogen-bond acceptors (Lipinski definition) is 6. The third-order valence-corrected chi connectivity index (χ3v) is 6.55. The zero-order valence-electron chi connectivity index (χ0n) is 20.8. The van der Waals surface area contributed by atoms with Crippen molar-refractivity contribution in [2.75, 3.05) is 13.7 Å². The Morgan fingerprint density at radius 1 is 1.05 bits per heavy atom. The normalized spacial score (nSPS) is 20.3. The molecule has 0 spiro atoms. The summed E-state index contributed by atoms with van der Waals surface area (Å²) in [6.07, 6.45) is -6.07. The number of methoxy groups -OCH3 is 1. The van der Waals surface area contributed by atoms with Crippen molar-refractivity contribution in [3.63, 3.8) is 0 Å². The second-order valence-electron chi connectivity index (χ2n) is 9.58. The van der Waals surface area contributed by atoms with E-state index in [1.807, 2.05) is 0 Å². The fraction of sp³-hybridized carbons (Fsp3) is 0.444. The molecule has 1 aliphatic rings. The molecule has 1 fully saturated rings. The van der Waals surface area contributed by atoms with E-state index in [-0.39, 0.29) is 25.2 Å². The predicted molar refractivity (Wildman–Crippen MR) is 128 cm³/mol. The first-order valence-corrected chi connectivity index (χ1v) is 11.7. The van der Waals surface area contributed by atoms with Crippen molar-refractivity contribution >= 4 is 17.5 Å². The van der Waals surface area contributed by atoms with Crippen LogP contribution in [-0.4, -0.2) is 59.7 Å². The molecule has 4 atom stereocenters. The van der Waals surface area contributed by atoms with Gasteiger partial charge in [0, 0.05) is 12.3 Å². The quantitative estimate of drug-likeness (QED) is 0.416. The predicted octanol–water partition coefficient (Wildman–Crippen LogP) is 3.21. The molecule has 0 radical (unpaired) electrons. The summed E-state index contributed by atoms with van der Waals surface area (Å²) in [6, 6.07) is 14.4. The maximum Gasteiger partial charge on any atom is 0.424 e. The van der Waals surface area contributed by atoms with Gasteiger partial charge in [-0.1, -0.05) is 42.5 Å². The maximum absolute atomic E-state index is 13.4. The van der Waals surface area contributed by atoms with Crippen LogP contribution in [0.1, 0.15) is 31.4 Å². The molecule has 10 heteroatoms. The minimum absolute atomic E-state index is 0.102. The lowest BCUT2D eigenvalue weighted by Gasteiger charge is -2.28. The molecule has 0 aromatic heterocycles. The molecule has 4 unspecified atom stereocenters. The standard InChI is InChI=1S/C27H30F3NO6/c1-25(16-37-25)23(33)21(14-17-7-5-4-6-8-17)31-24(34)19(13-18-9-11-20(36-3)12-10-18)15-22(32)26(2,35)27(28,29)30/h4-12,19,21,35H,13-16H2,1-3H3,(H,31,34). The minimum Gasteiger partial charge on any atom is -0.497 e. The van der Waals surface area contributed by atoms with E-state index in [1.165, 1.54) is 7.11 Å². The summed E-state index contributed by atoms with van der Waals surface area (Å²) < 4.78 is 50.3. The van der Waals surface area contributed by atoms with Crippen LogP contribution in [0.2, 0.25) is 0 Å². The van der Waals surface area contributed by atoms with Gasteiger partial charge in [-0.2, -0.15) is 13.2 Å². The third kappa shape index (κ3) is 6.95. The fourth-order valence-electron chi connectivity index (χ4n) is 3.85. The van der Waals surface area contributed by atoms with Gasteiger partial charge >= 0.3 is 6.18 Å². The maximum atomic E-state index is 13.4. The third-order valence-electron chi connectivity index (χ3n) is 6.55. The van der Waals surface area contributed by atoms with Gasteiger partial charge in [-0.05, 0) is 49.9 Å². The number of amides is 1. The highest BCUT2D eigenvalue weighted by Crippen LogP contribution is 2.33. The highest BCUT2D eigenvalue weighted by Gasteiger charge is 2.55. The Morgan fingerprint density at radius 3 is 2.14 bits per heavy atom. The zero-order chi connectivity index (χ0) is 27.4. The number of Topliss-reactive ketones (excluding diaryl/α,β-unsaturated/α-hetero) is 2. The highest BCUT2D eigenvalue weighted by molar-refractivity contribution is 5.98. The van der Waals surface area contributed by atoms with E-state index in [2.05, 4.69) is 5.32 Å². The SMILES string of the molecule is COc1ccc(CC(CC(=O)C(C)(O)C(F)(F)F)C(=O)NC(Cc2ccccc2)C(=O)C2(C)CO2)cc1. The first kappa shape index (κ1) is 28.3. The molecule has 2 N–H and O–H groups in total. The van der Waals surface area contributed by atoms with Gasteiger partial charge in [0.1, 0.15) is 11.4 Å². The fourth-order valence-corrected chi connectivity index (χ4v) is 3.85. The van der Waals surface area contributed by atoms with Crippen molar-refractivity contribution in [3.8, 4) is 5.75 Å². The first-order valence-electron chi connectivity index (χ1n) is 11.7. The van der Waals surface area contributed by atoms with Gasteiger partial charge in [0.15, 0.2) is 11.6 Å². The number of halogens is 3. The van der Waals surface area contributed by atoms with Crippen LogP contribution in [-0.2, 0) is 32.0 Å². The van der Waals surface area contributed by atoms with E-state index < -0.39 is 47.4 Å². The average Bonchev–Trinajstić information content (AvgIpc) is 3.61. The molecule has 37 heavy (non-hydrogen) atoms. The lowest BCUT2D eigenvalue weighted by Crippen LogP contribution is -2.52. The number of rotatable bonds is 12. The number of benzene rings is 2. The van der Waals surface area contributed by atoms with Crippen LogP contribution in [0, 0.1) is 5.92 Å². The number of carbonyl (C=O) groups is 3. The molecule has 0 saturated carbocycles. The van der Waals surface area contributed by atoms with Crippen LogP contribution in [0.4, 0.5) is 13.2 Å². The van der Waals surface area contributed by atoms with E-state index >= 15 is 0 Å². The second kappa shape index (κ2) is 11.0. The van der Waals surface area contributed by atoms with E-state index in [4.69, 9.17) is 9.47 Å². The summed E-state index contributed by atoms with van der Waals surface area (Å²) in [5.74, 6) is -3.44. The van der Waals surface area contributed by atoms with Crippen LogP contribution >= 0.6 is 0 Å². The van der Waals surface area contributed by atoms with E-state index in [0.29, 0.717) is 18.2 Å². The lowest BCUT2D eigenvalue weighted by atomic mass is 9.86. The number of ether oxygens (including phenoxy) is 2. The molecule has 2 aromatic carbocycles. The van der Waals surface area contributed by atoms with Crippen LogP contribution in [0.15, 0.2) is 54.6 Å². The molecule has 2 aromatic rings. The zero-order valence-corrected chi connectivity index (χ0v) is 20.8. The lowest BCUT2D eigenvalue weighted by molar-refractivity contribution is -0.244. The van der Waals surface area contributed by atoms with Gasteiger partial charge in [0.2, 0.25) is 11.5 Å². The molecular formula is C27H30F3NO6. The Hall–Kier alpha value is -3.24. The molecule has 0 aliphatic carbocycles. The van der Waals surface area contributed by atoms with Crippen molar-refractivity contribution in [1.29, 1.82) is 0 Å². The smallest absolute Gasteiger partial charge is 0.424 e. The monoisotopic (exact) mass is 521 g/mol. The van der Waals surface area contributed by atoms with Crippen molar-refractivity contribution in [1.82, 2.24) is 5.32 Å². The molecule has 3 rings (SSSR count). The van der Waals surface area contributed by atoms with Gasteiger partial charge in [-0.15, -0.1) is 0 Å². The molecule has 1 heterocycles. The van der Waals surface area contributed by atoms with Crippen LogP contribution in [0.25, 0.3) is 0 Å². The van der Waals surface area contributed by atoms with Gasteiger partial charge in [0.25, 0.3) is 0 Å². The number of alkyl halides is 3. The van der Waals surface area contributed by atoms with Crippen LogP contribution < -0.4 is 10.1 Å². The summed E-state index contributed by atoms with van der Waals surface area (Å²) in [5, 5.41) is 12.5. The van der Waals surface area contributed by atoms with E-state index in [0.717, 1.165) is 5.56 Å². The Morgan fingerprint density at radius 2 is 1.62 bits per heavy atom. The molecular weight excluding hydrogens is 491 g/mol. The number of ketones is 2. The second-order valence-corrected chi connectivity index (χ2v) is 9.58. The summed E-state index contributed by atoms with van der Waals surface area (Å²) in [5.41, 5.74) is -3.37. The summed E-state index contributed by atoms with van der Waals surface area (Å²) >= 11 is 0. The first-order chi connectivity index (χ1) is 17.3. The molecule has 0 bridgehead atoms. The summed E-state index contributed by atoms with van der Waals surface area (Å²) in [4.78, 5) is 39.1. The van der Waals surface area contributed by atoms with E-state index in [9.17, 15) is 32.7 Å². The van der Waals surface area contributed by atoms with E-state index in [1.54, 1.807) is 61.5 Å². The minimum atomic E-state index is -5.21. The summed E-state index contributed by atoms with van der Waals surface area (Å²) in [6.45, 7) is 2.15. The van der Waals surface area contributed by atoms with Gasteiger partial charge in [-0.3, -0.25) is 14.4 Å². The van der Waals surface area contributed by atoms with Crippen molar-refractivity contribution in [2.45, 2.75) is 56.5 Å². The Bertz CT molecular complexity index is 1110. The molecule has 200 valence electrons. The molecule has 1 saturated heterocycles. The van der Waals surface area contributed by atoms with Gasteiger partial charge in [-0.25, -0.2) is 0 Å². The van der Waals surface area contributed by atoms with Crippen molar-refractivity contribution < 1.29 is 42.1 Å². The van der Waals surface area contributed by atoms with Crippen molar-refractivity contribution in [3.05, 3.63) is 65.7 Å². The highest BCUT2D eigenvalue weighted by atomic mass is 19.4. The number of epoxide rings is 1. The largest absolute Gasteiger partial charge is 0.497 e. The Labute approximate surface area is 213 Å². The number of hydrogen-bond donors (Lipinski definition) is 2. The summed E-state index contributed by atoms with van der Waals surface area (Å²) in [7, 11) is 1.47. The van der Waals surface area contributed by atoms with Crippen LogP contribution in [0.5, 0.6) is 5.75 Å². The number of carbonyl (C=O) groups excluding carboxylic acids is 3. The van der Waals surface area contributed by atoms with Crippen LogP contribution in [0.3, 0.4) is 0 Å². The molecule has 1 amide bonds. The molecule has 1 aliphatic heterocycles. The number of nitrogens with one attached hydrogen (secondary N) is 1. The topological polar surface area (TPSA) is 105 Å². The Kier molecular flexibility index (Phi) is 8.44.